The van der Waals surface area contributed by atoms with Crippen molar-refractivity contribution in [2.24, 2.45) is 0 Å². The SMILES string of the molecule is CN1CC[C@]2(C)c3[c]cccc3N(C)[C@H]12. The van der Waals surface area contributed by atoms with E-state index in [0.29, 0.717) is 6.17 Å². The fourth-order valence-electron chi connectivity index (χ4n) is 3.43. The highest BCUT2D eigenvalue weighted by molar-refractivity contribution is 5.63. The predicted octanol–water partition coefficient (Wildman–Crippen LogP) is 1.86. The highest BCUT2D eigenvalue weighted by atomic mass is 15.4. The molecule has 3 rings (SSSR count). The predicted molar refractivity (Wildman–Crippen MR) is 62.1 cm³/mol. The van der Waals surface area contributed by atoms with Gasteiger partial charge in [-0.15, -0.1) is 0 Å². The minimum Gasteiger partial charge on any atom is -0.358 e. The lowest BCUT2D eigenvalue weighted by atomic mass is 9.81. The smallest absolute Gasteiger partial charge is 0.0912 e. The molecule has 2 heterocycles. The van der Waals surface area contributed by atoms with Crippen molar-refractivity contribution in [2.45, 2.75) is 24.9 Å². The summed E-state index contributed by atoms with van der Waals surface area (Å²) in [5.74, 6) is 0. The second kappa shape index (κ2) is 2.76. The first kappa shape index (κ1) is 9.22. The van der Waals surface area contributed by atoms with Gasteiger partial charge in [-0.3, -0.25) is 4.90 Å². The van der Waals surface area contributed by atoms with Crippen molar-refractivity contribution in [2.75, 3.05) is 25.5 Å². The zero-order chi connectivity index (χ0) is 10.6. The van der Waals surface area contributed by atoms with Crippen molar-refractivity contribution in [3.63, 3.8) is 0 Å². The minimum absolute atomic E-state index is 0.278. The Morgan fingerprint density at radius 1 is 1.47 bits per heavy atom. The molecule has 0 spiro atoms. The van der Waals surface area contributed by atoms with Crippen LogP contribution >= 0.6 is 0 Å². The van der Waals surface area contributed by atoms with Crippen LogP contribution < -0.4 is 4.90 Å². The number of likely N-dealkylation sites (N-methyl/N-ethyl adjacent to an activating group) is 2. The van der Waals surface area contributed by atoms with E-state index in [9.17, 15) is 0 Å². The number of fused-ring (bicyclic) bond motifs is 3. The molecule has 2 atom stereocenters. The minimum atomic E-state index is 0.278. The lowest BCUT2D eigenvalue weighted by molar-refractivity contribution is 0.268. The summed E-state index contributed by atoms with van der Waals surface area (Å²) in [4.78, 5) is 4.85. The third-order valence-electron chi connectivity index (χ3n) is 4.12. The van der Waals surface area contributed by atoms with Gasteiger partial charge in [0, 0.05) is 24.7 Å². The third-order valence-corrected chi connectivity index (χ3v) is 4.12. The Kier molecular flexibility index (Phi) is 1.70. The number of hydrogen-bond acceptors (Lipinski definition) is 2. The normalized spacial score (nSPS) is 34.3. The van der Waals surface area contributed by atoms with Crippen LogP contribution in [0.25, 0.3) is 0 Å². The molecule has 1 aromatic rings. The molecule has 0 amide bonds. The van der Waals surface area contributed by atoms with Crippen molar-refractivity contribution < 1.29 is 0 Å². The van der Waals surface area contributed by atoms with Crippen molar-refractivity contribution in [1.29, 1.82) is 0 Å². The molecule has 0 unspecified atom stereocenters. The van der Waals surface area contributed by atoms with Crippen LogP contribution in [0.5, 0.6) is 0 Å². The lowest BCUT2D eigenvalue weighted by Crippen LogP contribution is -2.45. The topological polar surface area (TPSA) is 6.48 Å². The van der Waals surface area contributed by atoms with E-state index < -0.39 is 0 Å². The molecule has 1 saturated heterocycles. The van der Waals surface area contributed by atoms with Crippen molar-refractivity contribution in [3.8, 4) is 0 Å². The number of benzene rings is 1. The van der Waals surface area contributed by atoms with Crippen LogP contribution in [0.1, 0.15) is 18.9 Å². The fourth-order valence-corrected chi connectivity index (χ4v) is 3.43. The molecule has 1 aromatic carbocycles. The Hall–Kier alpha value is -1.02. The molecule has 0 aromatic heterocycles. The molecule has 1 fully saturated rings. The summed E-state index contributed by atoms with van der Waals surface area (Å²) < 4.78 is 0. The summed E-state index contributed by atoms with van der Waals surface area (Å²) >= 11 is 0. The highest BCUT2D eigenvalue weighted by Gasteiger charge is 2.51. The average molecular weight is 201 g/mol. The maximum absolute atomic E-state index is 3.44. The molecular weight excluding hydrogens is 184 g/mol. The zero-order valence-corrected chi connectivity index (χ0v) is 9.62. The second-order valence-corrected chi connectivity index (χ2v) is 5.06. The molecule has 2 aliphatic rings. The van der Waals surface area contributed by atoms with E-state index in [1.54, 1.807) is 0 Å². The van der Waals surface area contributed by atoms with Gasteiger partial charge in [-0.2, -0.15) is 0 Å². The van der Waals surface area contributed by atoms with Gasteiger partial charge in [-0.1, -0.05) is 19.1 Å². The van der Waals surface area contributed by atoms with Gasteiger partial charge >= 0.3 is 0 Å². The number of hydrogen-bond donors (Lipinski definition) is 0. The molecule has 2 heteroatoms. The number of nitrogens with zero attached hydrogens (tertiary/aromatic N) is 2. The van der Waals surface area contributed by atoms with E-state index in [-0.39, 0.29) is 5.41 Å². The van der Waals surface area contributed by atoms with Crippen molar-refractivity contribution in [3.05, 3.63) is 29.8 Å². The Morgan fingerprint density at radius 2 is 2.27 bits per heavy atom. The molecule has 79 valence electrons. The van der Waals surface area contributed by atoms with Crippen LogP contribution in [0.2, 0.25) is 0 Å². The molecule has 15 heavy (non-hydrogen) atoms. The second-order valence-electron chi connectivity index (χ2n) is 5.06. The largest absolute Gasteiger partial charge is 0.358 e. The molecular formula is C13H17N2. The van der Waals surface area contributed by atoms with Gasteiger partial charge in [0.2, 0.25) is 0 Å². The lowest BCUT2D eigenvalue weighted by Gasteiger charge is -2.32. The molecule has 0 N–H and O–H groups in total. The first-order valence-electron chi connectivity index (χ1n) is 5.59. The Balaban J connectivity index is 2.19. The van der Waals surface area contributed by atoms with Gasteiger partial charge in [0.15, 0.2) is 0 Å². The van der Waals surface area contributed by atoms with E-state index >= 15 is 0 Å². The molecule has 2 nitrogen and oxygen atoms in total. The third kappa shape index (κ3) is 0.979. The van der Waals surface area contributed by atoms with Crippen LogP contribution in [0, 0.1) is 6.07 Å². The summed E-state index contributed by atoms with van der Waals surface area (Å²) in [5, 5.41) is 0. The van der Waals surface area contributed by atoms with E-state index in [0.717, 1.165) is 0 Å². The van der Waals surface area contributed by atoms with Crippen LogP contribution in [0.3, 0.4) is 0 Å². The quantitative estimate of drug-likeness (QED) is 0.632. The Morgan fingerprint density at radius 3 is 3.07 bits per heavy atom. The fraction of sp³-hybridized carbons (Fsp3) is 0.538. The van der Waals surface area contributed by atoms with Crippen LogP contribution in [-0.2, 0) is 5.41 Å². The Labute approximate surface area is 91.5 Å². The van der Waals surface area contributed by atoms with Gasteiger partial charge in [0.25, 0.3) is 0 Å². The molecule has 0 aliphatic carbocycles. The first-order valence-corrected chi connectivity index (χ1v) is 5.59. The van der Waals surface area contributed by atoms with Crippen molar-refractivity contribution >= 4 is 5.69 Å². The van der Waals surface area contributed by atoms with E-state index in [2.05, 4.69) is 49.0 Å². The standard InChI is InChI=1S/C13H17N2/c1-13-8-9-14(2)12(13)15(3)11-7-5-4-6-10(11)13/h4-5,7,12H,8-9H2,1-3H3/t12-,13+/m0/s1. The van der Waals surface area contributed by atoms with Gasteiger partial charge in [0.1, 0.15) is 0 Å². The maximum atomic E-state index is 3.44. The van der Waals surface area contributed by atoms with Gasteiger partial charge < -0.3 is 4.90 Å². The monoisotopic (exact) mass is 201 g/mol. The van der Waals surface area contributed by atoms with E-state index in [1.807, 2.05) is 6.07 Å². The highest BCUT2D eigenvalue weighted by Crippen LogP contribution is 2.50. The van der Waals surface area contributed by atoms with Gasteiger partial charge in [-0.05, 0) is 31.2 Å². The number of rotatable bonds is 0. The summed E-state index contributed by atoms with van der Waals surface area (Å²) in [5.41, 5.74) is 3.04. The zero-order valence-electron chi connectivity index (χ0n) is 9.62. The summed E-state index contributed by atoms with van der Waals surface area (Å²) in [6.07, 6.45) is 1.76. The summed E-state index contributed by atoms with van der Waals surface area (Å²) in [6, 6.07) is 9.78. The van der Waals surface area contributed by atoms with Crippen LogP contribution in [0.4, 0.5) is 5.69 Å². The molecule has 2 aliphatic heterocycles. The molecule has 0 saturated carbocycles. The number of anilines is 1. The first-order chi connectivity index (χ1) is 7.14. The summed E-state index contributed by atoms with van der Waals surface area (Å²) in [6.45, 7) is 3.56. The average Bonchev–Trinajstić information content (AvgIpc) is 2.65. The molecule has 0 bridgehead atoms. The summed E-state index contributed by atoms with van der Waals surface area (Å²) in [7, 11) is 4.42. The molecule has 1 radical (unpaired) electrons. The van der Waals surface area contributed by atoms with E-state index in [1.165, 1.54) is 24.2 Å². The van der Waals surface area contributed by atoms with Crippen molar-refractivity contribution in [1.82, 2.24) is 4.90 Å². The van der Waals surface area contributed by atoms with Crippen LogP contribution in [-0.4, -0.2) is 31.7 Å². The van der Waals surface area contributed by atoms with Crippen LogP contribution in [0.15, 0.2) is 18.2 Å². The van der Waals surface area contributed by atoms with E-state index in [4.69, 9.17) is 0 Å². The maximum Gasteiger partial charge on any atom is 0.0912 e. The number of likely N-dealkylation sites (tertiary alicyclic amines) is 1. The Bertz CT molecular complexity index is 401. The van der Waals surface area contributed by atoms with Gasteiger partial charge in [0.05, 0.1) is 6.17 Å². The van der Waals surface area contributed by atoms with Gasteiger partial charge in [-0.25, -0.2) is 0 Å².